The van der Waals surface area contributed by atoms with Crippen molar-refractivity contribution in [3.63, 3.8) is 0 Å². The van der Waals surface area contributed by atoms with Gasteiger partial charge in [0, 0.05) is 11.1 Å². The molecule has 1 unspecified atom stereocenters. The van der Waals surface area contributed by atoms with Crippen LogP contribution in [0.1, 0.15) is 31.9 Å². The Morgan fingerprint density at radius 2 is 2.19 bits per heavy atom. The van der Waals surface area contributed by atoms with Gasteiger partial charge in [0.25, 0.3) is 0 Å². The van der Waals surface area contributed by atoms with Gasteiger partial charge in [0.15, 0.2) is 0 Å². The molecule has 1 aromatic rings. The van der Waals surface area contributed by atoms with Crippen molar-refractivity contribution in [3.8, 4) is 5.75 Å². The van der Waals surface area contributed by atoms with Crippen LogP contribution in [0.2, 0.25) is 0 Å². The van der Waals surface area contributed by atoms with Crippen LogP contribution in [0.15, 0.2) is 35.4 Å². The third-order valence-corrected chi connectivity index (χ3v) is 2.68. The van der Waals surface area contributed by atoms with E-state index >= 15 is 0 Å². The van der Waals surface area contributed by atoms with Gasteiger partial charge in [-0.3, -0.25) is 0 Å². The van der Waals surface area contributed by atoms with Crippen molar-refractivity contribution < 1.29 is 9.84 Å². The molecule has 16 heavy (non-hydrogen) atoms. The predicted molar refractivity (Wildman–Crippen MR) is 66.8 cm³/mol. The van der Waals surface area contributed by atoms with E-state index in [9.17, 15) is 5.11 Å². The minimum Gasteiger partial charge on any atom is -0.489 e. The van der Waals surface area contributed by atoms with Gasteiger partial charge in [-0.15, -0.1) is 0 Å². The van der Waals surface area contributed by atoms with E-state index < -0.39 is 6.10 Å². The van der Waals surface area contributed by atoms with Crippen LogP contribution in [0.5, 0.6) is 5.75 Å². The second kappa shape index (κ2) is 6.56. The highest BCUT2D eigenvalue weighted by Gasteiger charge is 2.10. The molecule has 0 spiro atoms. The first kappa shape index (κ1) is 13.1. The molecule has 0 aromatic heterocycles. The monoisotopic (exact) mass is 240 g/mol. The van der Waals surface area contributed by atoms with Gasteiger partial charge in [-0.05, 0) is 25.0 Å². The Labute approximate surface area is 102 Å². The number of hydrogen-bond acceptors (Lipinski definition) is 2. The Kier molecular flexibility index (Phi) is 5.36. The van der Waals surface area contributed by atoms with Gasteiger partial charge in [0.1, 0.15) is 12.4 Å². The summed E-state index contributed by atoms with van der Waals surface area (Å²) < 4.78 is 5.60. The average Bonchev–Trinajstić information content (AvgIpc) is 2.35. The van der Waals surface area contributed by atoms with Crippen LogP contribution in [-0.2, 0) is 0 Å². The summed E-state index contributed by atoms with van der Waals surface area (Å²) in [5, 5.41) is 9.81. The van der Waals surface area contributed by atoms with E-state index in [0.29, 0.717) is 13.0 Å². The summed E-state index contributed by atoms with van der Waals surface area (Å²) in [7, 11) is 0. The highest BCUT2D eigenvalue weighted by Crippen LogP contribution is 2.27. The van der Waals surface area contributed by atoms with Gasteiger partial charge < -0.3 is 9.84 Å². The van der Waals surface area contributed by atoms with Crippen LogP contribution in [0, 0.1) is 0 Å². The molecule has 0 heterocycles. The molecule has 0 aliphatic carbocycles. The zero-order chi connectivity index (χ0) is 12.0. The molecule has 1 rings (SSSR count). The van der Waals surface area contributed by atoms with E-state index in [2.05, 4.69) is 0 Å². The highest BCUT2D eigenvalue weighted by atomic mass is 35.5. The van der Waals surface area contributed by atoms with Crippen molar-refractivity contribution in [2.45, 2.75) is 26.4 Å². The molecule has 88 valence electrons. The third-order valence-electron chi connectivity index (χ3n) is 2.31. The van der Waals surface area contributed by atoms with Gasteiger partial charge in [-0.25, -0.2) is 0 Å². The van der Waals surface area contributed by atoms with Crippen LogP contribution >= 0.6 is 11.6 Å². The van der Waals surface area contributed by atoms with Crippen LogP contribution in [0.4, 0.5) is 0 Å². The van der Waals surface area contributed by atoms with Crippen molar-refractivity contribution in [1.82, 2.24) is 0 Å². The maximum absolute atomic E-state index is 9.81. The third kappa shape index (κ3) is 3.54. The predicted octanol–water partition coefficient (Wildman–Crippen LogP) is 3.65. The average molecular weight is 241 g/mol. The molecule has 1 atom stereocenters. The summed E-state index contributed by atoms with van der Waals surface area (Å²) in [5.41, 5.74) is 3.27. The van der Waals surface area contributed by atoms with E-state index in [1.165, 1.54) is 5.54 Å². The zero-order valence-electron chi connectivity index (χ0n) is 9.61. The molecule has 1 aromatic carbocycles. The number of aliphatic hydroxyl groups is 1. The quantitative estimate of drug-likeness (QED) is 0.851. The summed E-state index contributed by atoms with van der Waals surface area (Å²) in [6.45, 7) is 4.27. The van der Waals surface area contributed by atoms with Crippen LogP contribution in [0.25, 0.3) is 0 Å². The molecule has 0 bridgehead atoms. The first-order valence-electron chi connectivity index (χ1n) is 5.34. The fourth-order valence-electron chi connectivity index (χ4n) is 1.33. The molecule has 1 N–H and O–H groups in total. The minimum atomic E-state index is -0.475. The molecule has 0 saturated heterocycles. The second-order valence-electron chi connectivity index (χ2n) is 3.71. The number of halogens is 1. The maximum atomic E-state index is 9.81. The fraction of sp³-hybridized carbons (Fsp3) is 0.385. The number of hydrogen-bond donors (Lipinski definition) is 1. The lowest BCUT2D eigenvalue weighted by Crippen LogP contribution is -2.04. The number of benzene rings is 1. The Hall–Kier alpha value is -0.990. The summed E-state index contributed by atoms with van der Waals surface area (Å²) in [4.78, 5) is 0. The molecular formula is C13H17ClO2. The summed E-state index contributed by atoms with van der Waals surface area (Å²) in [5.74, 6) is 0.717. The largest absolute Gasteiger partial charge is 0.489 e. The number of para-hydroxylation sites is 1. The molecule has 0 radical (unpaired) electrons. The molecular weight excluding hydrogens is 224 g/mol. The van der Waals surface area contributed by atoms with Gasteiger partial charge in [-0.2, -0.15) is 0 Å². The number of ether oxygens (including phenoxy) is 1. The van der Waals surface area contributed by atoms with E-state index in [-0.39, 0.29) is 0 Å². The molecule has 2 nitrogen and oxygen atoms in total. The molecule has 3 heteroatoms. The first-order chi connectivity index (χ1) is 7.69. The zero-order valence-corrected chi connectivity index (χ0v) is 10.4. The Balaban J connectivity index is 2.79. The lowest BCUT2D eigenvalue weighted by atomic mass is 10.1. The summed E-state index contributed by atoms with van der Waals surface area (Å²) >= 11 is 5.56. The van der Waals surface area contributed by atoms with E-state index in [4.69, 9.17) is 16.3 Å². The van der Waals surface area contributed by atoms with Gasteiger partial charge in [0.2, 0.25) is 0 Å². The van der Waals surface area contributed by atoms with E-state index in [0.717, 1.165) is 16.9 Å². The maximum Gasteiger partial charge on any atom is 0.125 e. The first-order valence-corrected chi connectivity index (χ1v) is 5.78. The number of rotatable bonds is 5. The van der Waals surface area contributed by atoms with Crippen molar-refractivity contribution in [3.05, 3.63) is 40.9 Å². The standard InChI is InChI=1S/C13H17ClO2/c1-3-12(15)11-6-4-5-7-13(11)16-9-10(2)8-14/h4-8,12,15H,3,9H2,1-2H3/b10-8+. The van der Waals surface area contributed by atoms with Crippen LogP contribution in [-0.4, -0.2) is 11.7 Å². The summed E-state index contributed by atoms with van der Waals surface area (Å²) in [6.07, 6.45) is 0.196. The SMILES string of the molecule is CCC(O)c1ccccc1OC/C(C)=C/Cl. The van der Waals surface area contributed by atoms with E-state index in [1.807, 2.05) is 38.1 Å². The topological polar surface area (TPSA) is 29.5 Å². The summed E-state index contributed by atoms with van der Waals surface area (Å²) in [6, 6.07) is 7.52. The Morgan fingerprint density at radius 3 is 2.81 bits per heavy atom. The molecule has 0 aliphatic rings. The normalized spacial score (nSPS) is 13.6. The van der Waals surface area contributed by atoms with Crippen molar-refractivity contribution in [1.29, 1.82) is 0 Å². The van der Waals surface area contributed by atoms with Gasteiger partial charge in [-0.1, -0.05) is 36.7 Å². The van der Waals surface area contributed by atoms with Crippen molar-refractivity contribution in [2.75, 3.05) is 6.61 Å². The van der Waals surface area contributed by atoms with Gasteiger partial charge in [0.05, 0.1) is 6.10 Å². The van der Waals surface area contributed by atoms with Crippen molar-refractivity contribution in [2.24, 2.45) is 0 Å². The fourth-order valence-corrected chi connectivity index (χ4v) is 1.39. The molecule has 0 saturated carbocycles. The second-order valence-corrected chi connectivity index (χ2v) is 3.92. The van der Waals surface area contributed by atoms with Crippen LogP contribution < -0.4 is 4.74 Å². The highest BCUT2D eigenvalue weighted by molar-refractivity contribution is 6.25. The minimum absolute atomic E-state index is 0.441. The van der Waals surface area contributed by atoms with Gasteiger partial charge >= 0.3 is 0 Å². The van der Waals surface area contributed by atoms with Crippen molar-refractivity contribution >= 4 is 11.6 Å². The Bertz CT molecular complexity index is 361. The molecule has 0 fully saturated rings. The lowest BCUT2D eigenvalue weighted by Gasteiger charge is -2.14. The smallest absolute Gasteiger partial charge is 0.125 e. The molecule has 0 amide bonds. The Morgan fingerprint density at radius 1 is 1.50 bits per heavy atom. The van der Waals surface area contributed by atoms with Crippen LogP contribution in [0.3, 0.4) is 0 Å². The molecule has 0 aliphatic heterocycles. The lowest BCUT2D eigenvalue weighted by molar-refractivity contribution is 0.168. The van der Waals surface area contributed by atoms with E-state index in [1.54, 1.807) is 0 Å². The number of aliphatic hydroxyl groups excluding tert-OH is 1.